The molecule has 0 amide bonds. The molecule has 2 N–H and O–H groups in total. The predicted octanol–water partition coefficient (Wildman–Crippen LogP) is 6.43. The molecule has 0 spiro atoms. The molecule has 40 heavy (non-hydrogen) atoms. The van der Waals surface area contributed by atoms with Gasteiger partial charge >= 0.3 is 5.97 Å². The molecule has 1 atom stereocenters. The minimum atomic E-state index is -0.572. The number of fused-ring (bicyclic) bond motifs is 1. The zero-order chi connectivity index (χ0) is 28.1. The third-order valence-corrected chi connectivity index (χ3v) is 6.71. The first kappa shape index (κ1) is 26.7. The smallest absolute Gasteiger partial charge is 0.349 e. The first-order chi connectivity index (χ1) is 19.4. The molecular weight excluding hydrogens is 528 g/mol. The normalized spacial score (nSPS) is 14.0. The van der Waals surface area contributed by atoms with Crippen LogP contribution in [0.2, 0.25) is 5.02 Å². The Bertz CT molecular complexity index is 1630. The third kappa shape index (κ3) is 6.04. The van der Waals surface area contributed by atoms with Crippen molar-refractivity contribution in [3.63, 3.8) is 0 Å². The predicted molar refractivity (Wildman–Crippen MR) is 150 cm³/mol. The van der Waals surface area contributed by atoms with E-state index in [4.69, 9.17) is 36.3 Å². The molecule has 5 rings (SSSR count). The van der Waals surface area contributed by atoms with Crippen molar-refractivity contribution in [2.24, 2.45) is 5.73 Å². The van der Waals surface area contributed by atoms with E-state index in [1.165, 1.54) is 0 Å². The average Bonchev–Trinajstić information content (AvgIpc) is 2.96. The van der Waals surface area contributed by atoms with E-state index in [1.54, 1.807) is 30.3 Å². The third-order valence-electron chi connectivity index (χ3n) is 6.34. The molecule has 7 nitrogen and oxygen atoms in total. The quantitative estimate of drug-likeness (QED) is 0.198. The number of nitriles is 1. The van der Waals surface area contributed by atoms with E-state index >= 15 is 0 Å². The van der Waals surface area contributed by atoms with E-state index in [-0.39, 0.29) is 23.8 Å². The van der Waals surface area contributed by atoms with Gasteiger partial charge in [0.25, 0.3) is 0 Å². The second kappa shape index (κ2) is 11.9. The molecule has 0 radical (unpaired) electrons. The standard InChI is InChI=1S/C32H25ClN2O5/c1-20-9-11-23(12-10-20)38-19-30(36)39-25-13-14-26-29(16-25)40-32(35)27(17-34)31(26)21-6-4-7-24(15-21)37-18-22-5-2-3-8-28(22)33/h2-16,31H,18-19,35H2,1H3. The number of hydrogen-bond acceptors (Lipinski definition) is 7. The van der Waals surface area contributed by atoms with Gasteiger partial charge in [-0.2, -0.15) is 5.26 Å². The highest BCUT2D eigenvalue weighted by molar-refractivity contribution is 6.31. The lowest BCUT2D eigenvalue weighted by molar-refractivity contribution is -0.136. The van der Waals surface area contributed by atoms with Gasteiger partial charge in [0.05, 0.1) is 5.92 Å². The van der Waals surface area contributed by atoms with Gasteiger partial charge in [0.2, 0.25) is 5.88 Å². The largest absolute Gasteiger partial charge is 0.489 e. The summed E-state index contributed by atoms with van der Waals surface area (Å²) >= 11 is 6.26. The summed E-state index contributed by atoms with van der Waals surface area (Å²) in [4.78, 5) is 12.4. The van der Waals surface area contributed by atoms with Gasteiger partial charge in [-0.15, -0.1) is 0 Å². The number of benzene rings is 4. The van der Waals surface area contributed by atoms with E-state index in [2.05, 4.69) is 6.07 Å². The van der Waals surface area contributed by atoms with Crippen LogP contribution in [0.4, 0.5) is 0 Å². The Labute approximate surface area is 236 Å². The molecule has 1 aliphatic heterocycles. The van der Waals surface area contributed by atoms with Crippen LogP contribution in [0.15, 0.2) is 102 Å². The zero-order valence-electron chi connectivity index (χ0n) is 21.6. The van der Waals surface area contributed by atoms with Crippen LogP contribution >= 0.6 is 11.6 Å². The first-order valence-electron chi connectivity index (χ1n) is 12.5. The van der Waals surface area contributed by atoms with Crippen LogP contribution < -0.4 is 24.7 Å². The lowest BCUT2D eigenvalue weighted by atomic mass is 9.83. The maximum Gasteiger partial charge on any atom is 0.349 e. The Hall–Kier alpha value is -4.93. The van der Waals surface area contributed by atoms with Gasteiger partial charge in [-0.1, -0.05) is 65.7 Å². The maximum absolute atomic E-state index is 12.4. The van der Waals surface area contributed by atoms with Gasteiger partial charge in [-0.25, -0.2) is 4.79 Å². The van der Waals surface area contributed by atoms with Crippen LogP contribution in [0.25, 0.3) is 0 Å². The Morgan fingerprint density at radius 3 is 2.50 bits per heavy atom. The van der Waals surface area contributed by atoms with Crippen LogP contribution in [0.1, 0.15) is 28.2 Å². The molecule has 0 saturated carbocycles. The molecule has 0 fully saturated rings. The highest BCUT2D eigenvalue weighted by atomic mass is 35.5. The van der Waals surface area contributed by atoms with Crippen molar-refractivity contribution in [2.75, 3.05) is 6.61 Å². The summed E-state index contributed by atoms with van der Waals surface area (Å²) < 4.78 is 22.7. The SMILES string of the molecule is Cc1ccc(OCC(=O)Oc2ccc3c(c2)OC(N)=C(C#N)C3c2cccc(OCc3ccccc3Cl)c2)cc1. The topological polar surface area (TPSA) is 104 Å². The van der Waals surface area contributed by atoms with Gasteiger partial charge in [0.1, 0.15) is 41.2 Å². The Morgan fingerprint density at radius 1 is 0.950 bits per heavy atom. The van der Waals surface area contributed by atoms with Gasteiger partial charge in [0, 0.05) is 22.2 Å². The van der Waals surface area contributed by atoms with Gasteiger partial charge < -0.3 is 24.7 Å². The van der Waals surface area contributed by atoms with E-state index in [0.29, 0.717) is 34.4 Å². The highest BCUT2D eigenvalue weighted by Crippen LogP contribution is 2.44. The van der Waals surface area contributed by atoms with Crippen molar-refractivity contribution < 1.29 is 23.7 Å². The van der Waals surface area contributed by atoms with Crippen LogP contribution in [-0.2, 0) is 11.4 Å². The number of ether oxygens (including phenoxy) is 4. The van der Waals surface area contributed by atoms with Crippen LogP contribution in [0, 0.1) is 18.3 Å². The molecular formula is C32H25ClN2O5. The molecule has 8 heteroatoms. The molecule has 1 aliphatic rings. The highest BCUT2D eigenvalue weighted by Gasteiger charge is 2.31. The number of aryl methyl sites for hydroxylation is 1. The number of carbonyl (C=O) groups is 1. The van der Waals surface area contributed by atoms with Crippen molar-refractivity contribution in [1.82, 2.24) is 0 Å². The minimum absolute atomic E-state index is 0.0198. The summed E-state index contributed by atoms with van der Waals surface area (Å²) in [5, 5.41) is 10.5. The van der Waals surface area contributed by atoms with Crippen molar-refractivity contribution in [3.05, 3.63) is 130 Å². The Kier molecular flexibility index (Phi) is 7.90. The van der Waals surface area contributed by atoms with Crippen LogP contribution in [0.5, 0.6) is 23.0 Å². The number of halogens is 1. The molecule has 0 saturated heterocycles. The number of nitrogens with zero attached hydrogens (tertiary/aromatic N) is 1. The summed E-state index contributed by atoms with van der Waals surface area (Å²) in [5.74, 6) is 0.728. The van der Waals surface area contributed by atoms with Crippen molar-refractivity contribution >= 4 is 17.6 Å². The van der Waals surface area contributed by atoms with Crippen LogP contribution in [0.3, 0.4) is 0 Å². The van der Waals surface area contributed by atoms with Gasteiger partial charge in [-0.3, -0.25) is 0 Å². The number of hydrogen-bond donors (Lipinski definition) is 1. The second-order valence-corrected chi connectivity index (χ2v) is 9.56. The Balaban J connectivity index is 1.34. The Morgan fingerprint density at radius 2 is 1.73 bits per heavy atom. The molecule has 0 aliphatic carbocycles. The molecule has 0 bridgehead atoms. The van der Waals surface area contributed by atoms with Crippen LogP contribution in [-0.4, -0.2) is 12.6 Å². The molecule has 4 aromatic rings. The number of rotatable bonds is 8. The van der Waals surface area contributed by atoms with Gasteiger partial charge in [0.15, 0.2) is 6.61 Å². The number of allylic oxidation sites excluding steroid dienone is 1. The lowest BCUT2D eigenvalue weighted by Crippen LogP contribution is -2.21. The summed E-state index contributed by atoms with van der Waals surface area (Å²) in [6.07, 6.45) is 0. The summed E-state index contributed by atoms with van der Waals surface area (Å²) in [6.45, 7) is 2.00. The second-order valence-electron chi connectivity index (χ2n) is 9.15. The fourth-order valence-electron chi connectivity index (χ4n) is 4.34. The van der Waals surface area contributed by atoms with E-state index in [0.717, 1.165) is 16.7 Å². The zero-order valence-corrected chi connectivity index (χ0v) is 22.4. The van der Waals surface area contributed by atoms with Crippen molar-refractivity contribution in [1.29, 1.82) is 5.26 Å². The number of nitrogens with two attached hydrogens (primary N) is 1. The van der Waals surface area contributed by atoms with E-state index in [9.17, 15) is 10.1 Å². The lowest BCUT2D eigenvalue weighted by Gasteiger charge is -2.27. The molecule has 4 aromatic carbocycles. The fraction of sp³-hybridized carbons (Fsp3) is 0.125. The van der Waals surface area contributed by atoms with Crippen molar-refractivity contribution in [3.8, 4) is 29.1 Å². The molecule has 0 aromatic heterocycles. The minimum Gasteiger partial charge on any atom is -0.489 e. The molecule has 200 valence electrons. The summed E-state index contributed by atoms with van der Waals surface area (Å²) in [6, 6.07) is 29.4. The molecule has 1 unspecified atom stereocenters. The van der Waals surface area contributed by atoms with E-state index < -0.39 is 11.9 Å². The molecule has 1 heterocycles. The fourth-order valence-corrected chi connectivity index (χ4v) is 4.53. The van der Waals surface area contributed by atoms with E-state index in [1.807, 2.05) is 67.6 Å². The average molecular weight is 553 g/mol. The monoisotopic (exact) mass is 552 g/mol. The number of carbonyl (C=O) groups excluding carboxylic acids is 1. The number of esters is 1. The van der Waals surface area contributed by atoms with Gasteiger partial charge in [-0.05, 0) is 48.9 Å². The maximum atomic E-state index is 12.4. The van der Waals surface area contributed by atoms with Crippen molar-refractivity contribution in [2.45, 2.75) is 19.4 Å². The summed E-state index contributed by atoms with van der Waals surface area (Å²) in [7, 11) is 0. The first-order valence-corrected chi connectivity index (χ1v) is 12.9. The summed E-state index contributed by atoms with van der Waals surface area (Å²) in [5.41, 5.74) is 9.86.